The van der Waals surface area contributed by atoms with Crippen molar-refractivity contribution in [1.29, 1.82) is 0 Å². The number of para-hydroxylation sites is 1. The van der Waals surface area contributed by atoms with Crippen molar-refractivity contribution in [2.45, 2.75) is 37.6 Å². The van der Waals surface area contributed by atoms with Gasteiger partial charge in [0.15, 0.2) is 6.61 Å². The van der Waals surface area contributed by atoms with Crippen LogP contribution in [-0.2, 0) is 26.3 Å². The lowest BCUT2D eigenvalue weighted by atomic mass is 9.79. The van der Waals surface area contributed by atoms with E-state index in [1.54, 1.807) is 19.2 Å². The summed E-state index contributed by atoms with van der Waals surface area (Å²) in [5, 5.41) is 2.73. The van der Waals surface area contributed by atoms with E-state index in [9.17, 15) is 14.0 Å². The molecule has 1 fully saturated rings. The number of nitrogens with one attached hydrogen (secondary N) is 1. The maximum Gasteiger partial charge on any atom is 0.317 e. The first-order valence-corrected chi connectivity index (χ1v) is 9.37. The fourth-order valence-electron chi connectivity index (χ4n) is 3.72. The molecular weight excluding hydrogens is 361 g/mol. The van der Waals surface area contributed by atoms with Crippen molar-refractivity contribution >= 4 is 11.9 Å². The highest BCUT2D eigenvalue weighted by Crippen LogP contribution is 2.42. The molecule has 5 nitrogen and oxygen atoms in total. The average molecular weight is 385 g/mol. The number of carbonyl (C=O) groups excluding carboxylic acids is 2. The molecule has 2 aromatic carbocycles. The van der Waals surface area contributed by atoms with Gasteiger partial charge in [0.25, 0.3) is 5.91 Å². The summed E-state index contributed by atoms with van der Waals surface area (Å²) >= 11 is 0. The molecule has 0 aromatic heterocycles. The third-order valence-corrected chi connectivity index (χ3v) is 5.25. The summed E-state index contributed by atoms with van der Waals surface area (Å²) in [6.07, 6.45) is 3.07. The van der Waals surface area contributed by atoms with E-state index in [2.05, 4.69) is 5.32 Å². The molecule has 1 aliphatic rings. The van der Waals surface area contributed by atoms with Crippen LogP contribution in [0.25, 0.3) is 0 Å². The van der Waals surface area contributed by atoms with Crippen molar-refractivity contribution in [2.75, 3.05) is 13.7 Å². The Labute approximate surface area is 163 Å². The van der Waals surface area contributed by atoms with Crippen molar-refractivity contribution in [3.63, 3.8) is 0 Å². The second-order valence-corrected chi connectivity index (χ2v) is 6.96. The Morgan fingerprint density at radius 1 is 1.07 bits per heavy atom. The summed E-state index contributed by atoms with van der Waals surface area (Å²) in [6.45, 7) is -0.0690. The van der Waals surface area contributed by atoms with Crippen LogP contribution >= 0.6 is 0 Å². The quantitative estimate of drug-likeness (QED) is 0.741. The number of amides is 1. The molecule has 1 N–H and O–H groups in total. The highest BCUT2D eigenvalue weighted by molar-refractivity contribution is 5.86. The molecule has 0 bridgehead atoms. The maximum atomic E-state index is 13.3. The Hall–Kier alpha value is -2.89. The van der Waals surface area contributed by atoms with Gasteiger partial charge in [-0.15, -0.1) is 0 Å². The van der Waals surface area contributed by atoms with Gasteiger partial charge in [-0.3, -0.25) is 9.59 Å². The highest BCUT2D eigenvalue weighted by Gasteiger charge is 2.44. The maximum absolute atomic E-state index is 13.3. The molecule has 148 valence electrons. The summed E-state index contributed by atoms with van der Waals surface area (Å²) in [5.74, 6) is -0.474. The average Bonchev–Trinajstić information content (AvgIpc) is 3.22. The summed E-state index contributed by atoms with van der Waals surface area (Å²) < 4.78 is 23.8. The van der Waals surface area contributed by atoms with E-state index in [0.717, 1.165) is 24.0 Å². The van der Waals surface area contributed by atoms with Crippen molar-refractivity contribution in [3.05, 3.63) is 65.5 Å². The summed E-state index contributed by atoms with van der Waals surface area (Å²) in [5.41, 5.74) is 0.783. The van der Waals surface area contributed by atoms with Crippen LogP contribution in [0, 0.1) is 5.82 Å². The zero-order valence-corrected chi connectivity index (χ0v) is 15.9. The monoisotopic (exact) mass is 385 g/mol. The van der Waals surface area contributed by atoms with Crippen LogP contribution in [0.1, 0.15) is 36.8 Å². The van der Waals surface area contributed by atoms with Crippen LogP contribution in [0.4, 0.5) is 4.39 Å². The van der Waals surface area contributed by atoms with Crippen LogP contribution in [-0.4, -0.2) is 25.6 Å². The van der Waals surface area contributed by atoms with E-state index in [4.69, 9.17) is 9.47 Å². The predicted octanol–water partition coefficient (Wildman–Crippen LogP) is 3.51. The molecule has 0 spiro atoms. The smallest absolute Gasteiger partial charge is 0.317 e. The Bertz CT molecular complexity index is 829. The largest absolute Gasteiger partial charge is 0.496 e. The van der Waals surface area contributed by atoms with Crippen LogP contribution < -0.4 is 10.1 Å². The molecule has 1 saturated carbocycles. The van der Waals surface area contributed by atoms with E-state index >= 15 is 0 Å². The number of halogens is 1. The number of esters is 1. The lowest BCUT2D eigenvalue weighted by Crippen LogP contribution is -2.37. The molecule has 0 heterocycles. The summed E-state index contributed by atoms with van der Waals surface area (Å²) in [6, 6.07) is 13.3. The van der Waals surface area contributed by atoms with Gasteiger partial charge in [0, 0.05) is 12.1 Å². The third kappa shape index (κ3) is 4.32. The second kappa shape index (κ2) is 8.87. The van der Waals surface area contributed by atoms with Crippen LogP contribution in [0.5, 0.6) is 5.75 Å². The molecular formula is C22H24FNO4. The molecule has 3 rings (SSSR count). The van der Waals surface area contributed by atoms with Crippen molar-refractivity contribution in [2.24, 2.45) is 0 Å². The fourth-order valence-corrected chi connectivity index (χ4v) is 3.72. The standard InChI is InChI=1S/C22H24FNO4/c1-27-19-7-3-2-6-16(19)14-24-20(25)15-28-21(26)22(12-4-5-13-22)17-8-10-18(23)11-9-17/h2-3,6-11H,4-5,12-15H2,1H3,(H,24,25). The topological polar surface area (TPSA) is 64.6 Å². The fraction of sp³-hybridized carbons (Fsp3) is 0.364. The van der Waals surface area contributed by atoms with Crippen molar-refractivity contribution in [3.8, 4) is 5.75 Å². The van der Waals surface area contributed by atoms with Gasteiger partial charge in [0.2, 0.25) is 0 Å². The molecule has 28 heavy (non-hydrogen) atoms. The summed E-state index contributed by atoms with van der Waals surface area (Å²) in [4.78, 5) is 25.0. The highest BCUT2D eigenvalue weighted by atomic mass is 19.1. The Morgan fingerprint density at radius 2 is 1.75 bits per heavy atom. The predicted molar refractivity (Wildman–Crippen MR) is 102 cm³/mol. The van der Waals surface area contributed by atoms with E-state index < -0.39 is 11.4 Å². The molecule has 0 radical (unpaired) electrons. The molecule has 0 aliphatic heterocycles. The van der Waals surface area contributed by atoms with Crippen LogP contribution in [0.2, 0.25) is 0 Å². The van der Waals surface area contributed by atoms with Crippen molar-refractivity contribution in [1.82, 2.24) is 5.32 Å². The Balaban J connectivity index is 1.59. The minimum Gasteiger partial charge on any atom is -0.496 e. The molecule has 6 heteroatoms. The molecule has 1 aliphatic carbocycles. The molecule has 2 aromatic rings. The van der Waals surface area contributed by atoms with Gasteiger partial charge in [-0.05, 0) is 36.6 Å². The normalized spacial score (nSPS) is 15.1. The van der Waals surface area contributed by atoms with Gasteiger partial charge in [0.05, 0.1) is 12.5 Å². The number of rotatable bonds is 7. The van der Waals surface area contributed by atoms with Gasteiger partial charge in [0.1, 0.15) is 11.6 Å². The minimum absolute atomic E-state index is 0.281. The van der Waals surface area contributed by atoms with E-state index in [1.165, 1.54) is 12.1 Å². The van der Waals surface area contributed by atoms with Crippen molar-refractivity contribution < 1.29 is 23.5 Å². The lowest BCUT2D eigenvalue weighted by molar-refractivity contribution is -0.154. The third-order valence-electron chi connectivity index (χ3n) is 5.25. The van der Waals surface area contributed by atoms with E-state index in [0.29, 0.717) is 18.6 Å². The first kappa shape index (κ1) is 19.9. The number of hydrogen-bond acceptors (Lipinski definition) is 4. The molecule has 1 amide bonds. The van der Waals surface area contributed by atoms with Gasteiger partial charge >= 0.3 is 5.97 Å². The van der Waals surface area contributed by atoms with Crippen LogP contribution in [0.15, 0.2) is 48.5 Å². The van der Waals surface area contributed by atoms with Gasteiger partial charge in [-0.1, -0.05) is 43.2 Å². The lowest BCUT2D eigenvalue weighted by Gasteiger charge is -2.27. The SMILES string of the molecule is COc1ccccc1CNC(=O)COC(=O)C1(c2ccc(F)cc2)CCCC1. The number of benzene rings is 2. The first-order chi connectivity index (χ1) is 13.5. The zero-order valence-electron chi connectivity index (χ0n) is 15.9. The van der Waals surface area contributed by atoms with Gasteiger partial charge in [-0.25, -0.2) is 4.39 Å². The zero-order chi connectivity index (χ0) is 20.0. The number of methoxy groups -OCH3 is 1. The summed E-state index contributed by atoms with van der Waals surface area (Å²) in [7, 11) is 1.57. The Morgan fingerprint density at radius 3 is 2.43 bits per heavy atom. The Kier molecular flexibility index (Phi) is 6.29. The van der Waals surface area contributed by atoms with Gasteiger partial charge in [-0.2, -0.15) is 0 Å². The number of carbonyl (C=O) groups is 2. The first-order valence-electron chi connectivity index (χ1n) is 9.37. The van der Waals surface area contributed by atoms with Crippen LogP contribution in [0.3, 0.4) is 0 Å². The molecule has 0 saturated heterocycles. The van der Waals surface area contributed by atoms with E-state index in [-0.39, 0.29) is 24.9 Å². The van der Waals surface area contributed by atoms with Gasteiger partial charge < -0.3 is 14.8 Å². The number of ether oxygens (including phenoxy) is 2. The second-order valence-electron chi connectivity index (χ2n) is 6.96. The minimum atomic E-state index is -0.795. The van der Waals surface area contributed by atoms with E-state index in [1.807, 2.05) is 24.3 Å². The molecule has 0 atom stereocenters. The number of hydrogen-bond donors (Lipinski definition) is 1. The molecule has 0 unspecified atom stereocenters.